The number of hydrogen-bond acceptors (Lipinski definition) is 7. The lowest BCUT2D eigenvalue weighted by atomic mass is 9.65. The van der Waals surface area contributed by atoms with E-state index in [4.69, 9.17) is 4.74 Å². The van der Waals surface area contributed by atoms with E-state index in [1.54, 1.807) is 12.1 Å². The molecular formula is C20H28N2O7S. The highest BCUT2D eigenvalue weighted by Gasteiger charge is 2.44. The van der Waals surface area contributed by atoms with Crippen molar-refractivity contribution < 1.29 is 27.7 Å². The molecule has 1 aromatic rings. The van der Waals surface area contributed by atoms with Crippen LogP contribution in [0.1, 0.15) is 44.1 Å². The van der Waals surface area contributed by atoms with E-state index in [0.717, 1.165) is 6.42 Å². The van der Waals surface area contributed by atoms with Crippen LogP contribution in [0.2, 0.25) is 0 Å². The summed E-state index contributed by atoms with van der Waals surface area (Å²) in [6.45, 7) is 0. The zero-order chi connectivity index (χ0) is 22.4. The second kappa shape index (κ2) is 10.0. The third-order valence-corrected chi connectivity index (χ3v) is 6.62. The number of esters is 1. The van der Waals surface area contributed by atoms with Crippen molar-refractivity contribution in [1.82, 2.24) is 5.32 Å². The summed E-state index contributed by atoms with van der Waals surface area (Å²) in [4.78, 5) is 35.5. The summed E-state index contributed by atoms with van der Waals surface area (Å²) in [5.41, 5.74) is 0.0197. The van der Waals surface area contributed by atoms with Gasteiger partial charge in [0.1, 0.15) is 15.9 Å². The van der Waals surface area contributed by atoms with Gasteiger partial charge in [-0.2, -0.15) is 0 Å². The minimum absolute atomic E-state index is 0.0556. The van der Waals surface area contributed by atoms with Crippen LogP contribution in [0.15, 0.2) is 24.3 Å². The number of methoxy groups -OCH3 is 1. The fourth-order valence-corrected chi connectivity index (χ4v) is 4.39. The van der Waals surface area contributed by atoms with E-state index in [2.05, 4.69) is 5.32 Å². The molecule has 0 heterocycles. The number of amides is 1. The van der Waals surface area contributed by atoms with E-state index in [0.29, 0.717) is 37.7 Å². The van der Waals surface area contributed by atoms with E-state index >= 15 is 0 Å². The molecule has 1 amide bonds. The van der Waals surface area contributed by atoms with Gasteiger partial charge >= 0.3 is 5.97 Å². The van der Waals surface area contributed by atoms with Gasteiger partial charge in [0, 0.05) is 36.0 Å². The third-order valence-electron chi connectivity index (χ3n) is 5.59. The Balaban J connectivity index is 2.02. The van der Waals surface area contributed by atoms with Gasteiger partial charge in [-0.1, -0.05) is 25.0 Å². The largest absolute Gasteiger partial charge is 0.467 e. The maximum atomic E-state index is 13.0. The minimum atomic E-state index is -3.03. The maximum Gasteiger partial charge on any atom is 0.328 e. The number of carbonyl (C=O) groups is 2. The molecule has 1 fully saturated rings. The Morgan fingerprint density at radius 1 is 1.23 bits per heavy atom. The number of nitrogens with zero attached hydrogens (tertiary/aromatic N) is 1. The molecule has 0 aromatic heterocycles. The van der Waals surface area contributed by atoms with Crippen molar-refractivity contribution in [2.45, 2.75) is 51.0 Å². The summed E-state index contributed by atoms with van der Waals surface area (Å²) in [6.07, 6.45) is 5.33. The Hall–Kier alpha value is -2.49. The molecule has 1 saturated carbocycles. The van der Waals surface area contributed by atoms with Crippen molar-refractivity contribution in [3.63, 3.8) is 0 Å². The Morgan fingerprint density at radius 2 is 1.87 bits per heavy atom. The smallest absolute Gasteiger partial charge is 0.328 e. The molecule has 0 bridgehead atoms. The number of sulfone groups is 1. The van der Waals surface area contributed by atoms with E-state index in [1.807, 2.05) is 0 Å². The fraction of sp³-hybridized carbons (Fsp3) is 0.600. The van der Waals surface area contributed by atoms with Crippen LogP contribution in [-0.2, 0) is 30.6 Å². The minimum Gasteiger partial charge on any atom is -0.467 e. The second-order valence-corrected chi connectivity index (χ2v) is 10.2. The molecule has 1 atom stereocenters. The summed E-state index contributed by atoms with van der Waals surface area (Å²) >= 11 is 0. The highest BCUT2D eigenvalue weighted by atomic mass is 32.2. The SMILES string of the molecule is COC(=O)[C@H](Cc1ccc([N+](=O)[O-])cc1)NC(=O)C1(CCCCS(C)(=O)=O)CCC1. The van der Waals surface area contributed by atoms with E-state index in [-0.39, 0.29) is 23.8 Å². The van der Waals surface area contributed by atoms with Gasteiger partial charge in [-0.25, -0.2) is 13.2 Å². The van der Waals surface area contributed by atoms with Crippen LogP contribution < -0.4 is 5.32 Å². The number of hydrogen-bond donors (Lipinski definition) is 1. The van der Waals surface area contributed by atoms with Gasteiger partial charge in [0.05, 0.1) is 12.0 Å². The Morgan fingerprint density at radius 3 is 2.33 bits per heavy atom. The van der Waals surface area contributed by atoms with Crippen LogP contribution in [0, 0.1) is 15.5 Å². The molecule has 1 aromatic carbocycles. The summed E-state index contributed by atoms with van der Waals surface area (Å²) < 4.78 is 27.4. The molecule has 1 N–H and O–H groups in total. The van der Waals surface area contributed by atoms with Crippen molar-refractivity contribution in [2.24, 2.45) is 5.41 Å². The lowest BCUT2D eigenvalue weighted by Gasteiger charge is -2.41. The highest BCUT2D eigenvalue weighted by molar-refractivity contribution is 7.90. The normalized spacial score (nSPS) is 16.2. The number of nitro benzene ring substituents is 1. The van der Waals surface area contributed by atoms with Crippen LogP contribution in [-0.4, -0.2) is 50.4 Å². The average Bonchev–Trinajstić information content (AvgIpc) is 2.65. The standard InChI is InChI=1S/C20H28N2O7S/c1-29-18(23)17(14-15-6-8-16(9-7-15)22(25)26)21-19(24)20(11-5-12-20)10-3-4-13-30(2,27)28/h6-9,17H,3-5,10-14H2,1-2H3,(H,21,24)/t17-/m0/s1. The molecule has 0 aliphatic heterocycles. The molecule has 9 nitrogen and oxygen atoms in total. The predicted octanol–water partition coefficient (Wildman–Crippen LogP) is 2.18. The number of nitrogens with one attached hydrogen (secondary N) is 1. The van der Waals surface area contributed by atoms with Crippen LogP contribution in [0.5, 0.6) is 0 Å². The molecule has 1 aliphatic rings. The lowest BCUT2D eigenvalue weighted by molar-refractivity contribution is -0.384. The third kappa shape index (κ3) is 6.51. The maximum absolute atomic E-state index is 13.0. The first-order valence-corrected chi connectivity index (χ1v) is 11.9. The highest BCUT2D eigenvalue weighted by Crippen LogP contribution is 2.45. The Labute approximate surface area is 176 Å². The molecular weight excluding hydrogens is 412 g/mol. The van der Waals surface area contributed by atoms with Crippen molar-refractivity contribution in [2.75, 3.05) is 19.1 Å². The van der Waals surface area contributed by atoms with Crippen molar-refractivity contribution in [3.05, 3.63) is 39.9 Å². The Bertz CT molecular complexity index is 877. The van der Waals surface area contributed by atoms with E-state index in [1.165, 1.54) is 25.5 Å². The monoisotopic (exact) mass is 440 g/mol. The number of unbranched alkanes of at least 4 members (excludes halogenated alkanes) is 1. The second-order valence-electron chi connectivity index (χ2n) is 7.90. The van der Waals surface area contributed by atoms with Crippen LogP contribution >= 0.6 is 0 Å². The van der Waals surface area contributed by atoms with Gasteiger partial charge in [0.2, 0.25) is 5.91 Å². The Kier molecular flexibility index (Phi) is 7.94. The number of non-ortho nitro benzene ring substituents is 1. The zero-order valence-corrected chi connectivity index (χ0v) is 18.1. The quantitative estimate of drug-likeness (QED) is 0.241. The topological polar surface area (TPSA) is 133 Å². The van der Waals surface area contributed by atoms with Crippen molar-refractivity contribution in [1.29, 1.82) is 0 Å². The molecule has 0 saturated heterocycles. The number of carbonyl (C=O) groups excluding carboxylic acids is 2. The average molecular weight is 441 g/mol. The van der Waals surface area contributed by atoms with E-state index in [9.17, 15) is 28.1 Å². The van der Waals surface area contributed by atoms with Gasteiger partial charge in [0.15, 0.2) is 0 Å². The van der Waals surface area contributed by atoms with Crippen molar-refractivity contribution >= 4 is 27.4 Å². The first kappa shape index (κ1) is 23.8. The molecule has 0 unspecified atom stereocenters. The summed E-state index contributed by atoms with van der Waals surface area (Å²) in [5.74, 6) is -0.728. The number of benzene rings is 1. The summed E-state index contributed by atoms with van der Waals surface area (Å²) in [7, 11) is -1.79. The molecule has 10 heteroatoms. The molecule has 0 radical (unpaired) electrons. The fourth-order valence-electron chi connectivity index (χ4n) is 3.66. The molecule has 2 rings (SSSR count). The molecule has 1 aliphatic carbocycles. The number of nitro groups is 1. The number of ether oxygens (including phenoxy) is 1. The van der Waals surface area contributed by atoms with Gasteiger partial charge in [0.25, 0.3) is 5.69 Å². The summed E-state index contributed by atoms with van der Waals surface area (Å²) in [5, 5.41) is 13.6. The first-order chi connectivity index (χ1) is 14.1. The van der Waals surface area contributed by atoms with E-state index < -0.39 is 32.2 Å². The molecule has 30 heavy (non-hydrogen) atoms. The van der Waals surface area contributed by atoms with Crippen LogP contribution in [0.4, 0.5) is 5.69 Å². The zero-order valence-electron chi connectivity index (χ0n) is 17.3. The van der Waals surface area contributed by atoms with Gasteiger partial charge < -0.3 is 10.1 Å². The van der Waals surface area contributed by atoms with Crippen LogP contribution in [0.25, 0.3) is 0 Å². The molecule has 0 spiro atoms. The van der Waals surface area contributed by atoms with Gasteiger partial charge in [-0.15, -0.1) is 0 Å². The van der Waals surface area contributed by atoms with Crippen LogP contribution in [0.3, 0.4) is 0 Å². The molecule has 166 valence electrons. The van der Waals surface area contributed by atoms with Gasteiger partial charge in [-0.3, -0.25) is 14.9 Å². The van der Waals surface area contributed by atoms with Crippen molar-refractivity contribution in [3.8, 4) is 0 Å². The number of rotatable bonds is 11. The summed E-state index contributed by atoms with van der Waals surface area (Å²) in [6, 6.07) is 4.88. The predicted molar refractivity (Wildman–Crippen MR) is 111 cm³/mol. The lowest BCUT2D eigenvalue weighted by Crippen LogP contribution is -2.52. The first-order valence-electron chi connectivity index (χ1n) is 9.86. The van der Waals surface area contributed by atoms with Gasteiger partial charge in [-0.05, 0) is 31.2 Å².